The normalized spacial score (nSPS) is 15.0. The van der Waals surface area contributed by atoms with Crippen LogP contribution in [0.3, 0.4) is 0 Å². The van der Waals surface area contributed by atoms with Crippen molar-refractivity contribution in [3.8, 4) is 33.2 Å². The Morgan fingerprint density at radius 2 is 1.70 bits per heavy atom. The Kier molecular flexibility index (Phi) is 5.84. The molecule has 1 amide bonds. The Bertz CT molecular complexity index is 1600. The van der Waals surface area contributed by atoms with E-state index in [1.54, 1.807) is 10.3 Å². The largest absolute Gasteiger partial charge is 0.327 e. The van der Waals surface area contributed by atoms with Gasteiger partial charge in [0.15, 0.2) is 11.6 Å². The predicted molar refractivity (Wildman–Crippen MR) is 138 cm³/mol. The maximum Gasteiger partial charge on any atom is 0.254 e. The van der Waals surface area contributed by atoms with Gasteiger partial charge >= 0.3 is 0 Å². The molecule has 6 rings (SSSR count). The van der Waals surface area contributed by atoms with Crippen molar-refractivity contribution in [1.82, 2.24) is 24.6 Å². The lowest BCUT2D eigenvalue weighted by Crippen LogP contribution is -2.41. The number of aromatic nitrogens is 4. The van der Waals surface area contributed by atoms with Crippen LogP contribution < -0.4 is 0 Å². The van der Waals surface area contributed by atoms with Gasteiger partial charge in [-0.1, -0.05) is 42.5 Å². The fraction of sp³-hybridized carbons (Fsp3) is 0.143. The van der Waals surface area contributed by atoms with E-state index in [1.165, 1.54) is 23.5 Å². The van der Waals surface area contributed by atoms with Crippen molar-refractivity contribution in [3.63, 3.8) is 0 Å². The molecule has 3 heterocycles. The first-order valence-corrected chi connectivity index (χ1v) is 12.7. The van der Waals surface area contributed by atoms with Gasteiger partial charge in [-0.25, -0.2) is 13.8 Å². The summed E-state index contributed by atoms with van der Waals surface area (Å²) in [6.07, 6.45) is 0. The summed E-state index contributed by atoms with van der Waals surface area (Å²) in [5, 5.41) is 10.9. The number of carbonyl (C=O) groups excluding carboxylic acids is 1. The quantitative estimate of drug-likeness (QED) is 0.286. The molecule has 3 aromatic carbocycles. The van der Waals surface area contributed by atoms with Gasteiger partial charge in [0.05, 0.1) is 6.04 Å². The average Bonchev–Trinajstić information content (AvgIpc) is 3.57. The molecule has 0 radical (unpaired) electrons. The Morgan fingerprint density at radius 1 is 0.946 bits per heavy atom. The molecule has 1 atom stereocenters. The number of carbonyl (C=O) groups is 1. The molecular weight excluding hydrogens is 492 g/mol. The maximum atomic E-state index is 14.2. The number of hydrogen-bond acceptors (Lipinski definition) is 5. The molecule has 1 aliphatic rings. The lowest BCUT2D eigenvalue weighted by molar-refractivity contribution is 0.0638. The van der Waals surface area contributed by atoms with Crippen molar-refractivity contribution in [3.05, 3.63) is 101 Å². The van der Waals surface area contributed by atoms with Crippen LogP contribution in [0.2, 0.25) is 0 Å². The number of benzene rings is 3. The summed E-state index contributed by atoms with van der Waals surface area (Å²) < 4.78 is 29.5. The zero-order valence-electron chi connectivity index (χ0n) is 19.8. The van der Waals surface area contributed by atoms with Crippen LogP contribution in [-0.4, -0.2) is 37.1 Å². The van der Waals surface area contributed by atoms with E-state index >= 15 is 0 Å². The molecule has 184 valence electrons. The van der Waals surface area contributed by atoms with Crippen molar-refractivity contribution < 1.29 is 13.6 Å². The highest BCUT2D eigenvalue weighted by molar-refractivity contribution is 7.13. The third-order valence-electron chi connectivity index (χ3n) is 6.58. The zero-order valence-corrected chi connectivity index (χ0v) is 20.6. The highest BCUT2D eigenvalue weighted by atomic mass is 32.1. The maximum absolute atomic E-state index is 14.2. The smallest absolute Gasteiger partial charge is 0.254 e. The van der Waals surface area contributed by atoms with Gasteiger partial charge in [0.25, 0.3) is 5.91 Å². The van der Waals surface area contributed by atoms with Gasteiger partial charge in [-0.2, -0.15) is 0 Å². The highest BCUT2D eigenvalue weighted by Crippen LogP contribution is 2.33. The molecule has 0 fully saturated rings. The molecular formula is C28H21F2N5OS. The molecule has 0 bridgehead atoms. The van der Waals surface area contributed by atoms with E-state index in [4.69, 9.17) is 0 Å². The molecule has 0 saturated heterocycles. The summed E-state index contributed by atoms with van der Waals surface area (Å²) in [6, 6.07) is 20.8. The van der Waals surface area contributed by atoms with Gasteiger partial charge in [0, 0.05) is 35.7 Å². The summed E-state index contributed by atoms with van der Waals surface area (Å²) in [6.45, 7) is 2.93. The van der Waals surface area contributed by atoms with E-state index in [1.807, 2.05) is 66.1 Å². The minimum absolute atomic E-state index is 0.0642. The second-order valence-electron chi connectivity index (χ2n) is 8.81. The van der Waals surface area contributed by atoms with Gasteiger partial charge in [0.1, 0.15) is 22.3 Å². The second-order valence-corrected chi connectivity index (χ2v) is 9.67. The Balaban J connectivity index is 1.23. The number of fused-ring (bicyclic) bond motifs is 1. The minimum atomic E-state index is -0.663. The fourth-order valence-electron chi connectivity index (χ4n) is 4.62. The second kappa shape index (κ2) is 9.33. The van der Waals surface area contributed by atoms with Gasteiger partial charge in [0.2, 0.25) is 0 Å². The average molecular weight is 514 g/mol. The molecule has 37 heavy (non-hydrogen) atoms. The topological polar surface area (TPSA) is 63.9 Å². The molecule has 2 aromatic heterocycles. The number of rotatable bonds is 4. The van der Waals surface area contributed by atoms with Crippen molar-refractivity contribution in [2.24, 2.45) is 0 Å². The van der Waals surface area contributed by atoms with Crippen LogP contribution in [0.5, 0.6) is 0 Å². The Morgan fingerprint density at radius 3 is 2.46 bits per heavy atom. The van der Waals surface area contributed by atoms with Crippen LogP contribution in [-0.2, 0) is 6.54 Å². The van der Waals surface area contributed by atoms with E-state index in [2.05, 4.69) is 15.2 Å². The monoisotopic (exact) mass is 513 g/mol. The number of amides is 1. The number of hydrogen-bond donors (Lipinski definition) is 0. The summed E-state index contributed by atoms with van der Waals surface area (Å²) in [7, 11) is 0. The van der Waals surface area contributed by atoms with Crippen molar-refractivity contribution in [2.45, 2.75) is 19.5 Å². The van der Waals surface area contributed by atoms with Gasteiger partial charge in [-0.3, -0.25) is 4.79 Å². The van der Waals surface area contributed by atoms with Crippen molar-refractivity contribution in [1.29, 1.82) is 0 Å². The Hall–Kier alpha value is -4.24. The van der Waals surface area contributed by atoms with E-state index in [9.17, 15) is 13.6 Å². The van der Waals surface area contributed by atoms with Gasteiger partial charge in [-0.05, 0) is 42.3 Å². The highest BCUT2D eigenvalue weighted by Gasteiger charge is 2.32. The number of halogens is 2. The Labute approximate surface area is 215 Å². The van der Waals surface area contributed by atoms with E-state index < -0.39 is 11.6 Å². The lowest BCUT2D eigenvalue weighted by atomic mass is 10.0. The fourth-order valence-corrected chi connectivity index (χ4v) is 5.44. The van der Waals surface area contributed by atoms with Crippen molar-refractivity contribution >= 4 is 17.2 Å². The summed E-state index contributed by atoms with van der Waals surface area (Å²) in [5.41, 5.74) is 3.56. The molecule has 9 heteroatoms. The number of nitrogens with zero attached hydrogens (tertiary/aromatic N) is 5. The third kappa shape index (κ3) is 4.21. The van der Waals surface area contributed by atoms with Crippen LogP contribution in [0.25, 0.3) is 33.2 Å². The molecule has 0 saturated carbocycles. The summed E-state index contributed by atoms with van der Waals surface area (Å²) >= 11 is 1.26. The summed E-state index contributed by atoms with van der Waals surface area (Å²) in [5.74, 6) is -0.136. The first kappa shape index (κ1) is 23.2. The molecule has 1 aliphatic heterocycles. The molecule has 0 aliphatic carbocycles. The standard InChI is InChI=1S/C28H21F2N5OS/c1-17-25-32-33-26(24-16-37-27(31-24)22-12-11-21(29)15-23(22)30)35(25)14-13-34(17)28(36)20-9-7-19(8-10-20)18-5-3-2-4-6-18/h2-12,15-17H,13-14H2,1H3/t17-/m1/s1. The van der Waals surface area contributed by atoms with Crippen LogP contribution in [0.15, 0.2) is 78.2 Å². The molecule has 5 aromatic rings. The minimum Gasteiger partial charge on any atom is -0.327 e. The van der Waals surface area contributed by atoms with Gasteiger partial charge in [-0.15, -0.1) is 21.5 Å². The molecule has 0 spiro atoms. The zero-order chi connectivity index (χ0) is 25.5. The SMILES string of the molecule is C[C@@H]1c2nnc(-c3csc(-c4ccc(F)cc4F)n3)n2CCN1C(=O)c1ccc(-c2ccccc2)cc1. The van der Waals surface area contributed by atoms with Crippen LogP contribution in [0.4, 0.5) is 8.78 Å². The van der Waals surface area contributed by atoms with Crippen LogP contribution in [0, 0.1) is 11.6 Å². The van der Waals surface area contributed by atoms with Crippen molar-refractivity contribution in [2.75, 3.05) is 6.54 Å². The van der Waals surface area contributed by atoms with E-state index in [-0.39, 0.29) is 17.5 Å². The van der Waals surface area contributed by atoms with Crippen LogP contribution >= 0.6 is 11.3 Å². The third-order valence-corrected chi connectivity index (χ3v) is 7.46. The van der Waals surface area contributed by atoms with E-state index in [0.717, 1.165) is 17.2 Å². The van der Waals surface area contributed by atoms with Crippen LogP contribution in [0.1, 0.15) is 29.1 Å². The molecule has 6 nitrogen and oxygen atoms in total. The first-order chi connectivity index (χ1) is 18.0. The predicted octanol–water partition coefficient (Wildman–Crippen LogP) is 6.23. The lowest BCUT2D eigenvalue weighted by Gasteiger charge is -2.33. The number of thiazole rings is 1. The van der Waals surface area contributed by atoms with Gasteiger partial charge < -0.3 is 9.47 Å². The molecule has 0 N–H and O–H groups in total. The van der Waals surface area contributed by atoms with E-state index in [0.29, 0.717) is 41.0 Å². The molecule has 0 unspecified atom stereocenters. The summed E-state index contributed by atoms with van der Waals surface area (Å²) in [4.78, 5) is 19.7. The first-order valence-electron chi connectivity index (χ1n) is 11.8.